The van der Waals surface area contributed by atoms with E-state index in [2.05, 4.69) is 10.3 Å². The molecule has 1 aromatic rings. The monoisotopic (exact) mass is 165 g/mol. The first-order chi connectivity index (χ1) is 5.70. The van der Waals surface area contributed by atoms with Crippen LogP contribution in [-0.4, -0.2) is 30.0 Å². The van der Waals surface area contributed by atoms with Crippen molar-refractivity contribution in [2.24, 2.45) is 0 Å². The molecule has 0 bridgehead atoms. The minimum absolute atomic E-state index is 0.138. The second-order valence-corrected chi connectivity index (χ2v) is 2.56. The van der Waals surface area contributed by atoms with Crippen LogP contribution in [0.5, 0.6) is 0 Å². The van der Waals surface area contributed by atoms with Gasteiger partial charge in [-0.25, -0.2) is 4.79 Å². The normalized spacial score (nSPS) is 9.17. The third-order valence-corrected chi connectivity index (χ3v) is 1.34. The van der Waals surface area contributed by atoms with Crippen LogP contribution >= 0.6 is 0 Å². The zero-order valence-corrected chi connectivity index (χ0v) is 7.11. The van der Waals surface area contributed by atoms with Crippen LogP contribution in [0.3, 0.4) is 0 Å². The number of aromatic nitrogens is 1. The van der Waals surface area contributed by atoms with Gasteiger partial charge >= 0.3 is 6.03 Å². The van der Waals surface area contributed by atoms with Gasteiger partial charge in [-0.3, -0.25) is 4.98 Å². The highest BCUT2D eigenvalue weighted by atomic mass is 16.2. The molecule has 1 N–H and O–H groups in total. The molecular weight excluding hydrogens is 154 g/mol. The van der Waals surface area contributed by atoms with Crippen molar-refractivity contribution < 1.29 is 4.79 Å². The van der Waals surface area contributed by atoms with Gasteiger partial charge in [-0.05, 0) is 12.1 Å². The predicted molar refractivity (Wildman–Crippen MR) is 46.9 cm³/mol. The van der Waals surface area contributed by atoms with Crippen LogP contribution in [0.2, 0.25) is 0 Å². The number of pyridine rings is 1. The fourth-order valence-corrected chi connectivity index (χ4v) is 0.671. The van der Waals surface area contributed by atoms with Crippen molar-refractivity contribution in [3.63, 3.8) is 0 Å². The Kier molecular flexibility index (Phi) is 2.63. The fourth-order valence-electron chi connectivity index (χ4n) is 0.671. The summed E-state index contributed by atoms with van der Waals surface area (Å²) in [6, 6.07) is 3.34. The molecule has 1 heterocycles. The molecule has 0 unspecified atom stereocenters. The minimum atomic E-state index is -0.138. The molecule has 0 aliphatic rings. The van der Waals surface area contributed by atoms with E-state index in [9.17, 15) is 4.79 Å². The Morgan fingerprint density at radius 2 is 2.00 bits per heavy atom. The van der Waals surface area contributed by atoms with Gasteiger partial charge in [0.15, 0.2) is 0 Å². The Bertz CT molecular complexity index is 258. The van der Waals surface area contributed by atoms with Crippen molar-refractivity contribution in [2.45, 2.75) is 0 Å². The van der Waals surface area contributed by atoms with Gasteiger partial charge in [0, 0.05) is 32.2 Å². The summed E-state index contributed by atoms with van der Waals surface area (Å²) in [4.78, 5) is 16.4. The van der Waals surface area contributed by atoms with E-state index in [0.29, 0.717) is 0 Å². The lowest BCUT2D eigenvalue weighted by Gasteiger charge is -2.11. The number of nitrogens with zero attached hydrogens (tertiary/aromatic N) is 2. The van der Waals surface area contributed by atoms with Crippen molar-refractivity contribution in [1.82, 2.24) is 9.88 Å². The van der Waals surface area contributed by atoms with Crippen molar-refractivity contribution in [3.8, 4) is 0 Å². The lowest BCUT2D eigenvalue weighted by Crippen LogP contribution is -2.27. The zero-order valence-electron chi connectivity index (χ0n) is 7.11. The van der Waals surface area contributed by atoms with E-state index in [4.69, 9.17) is 0 Å². The topological polar surface area (TPSA) is 45.2 Å². The molecule has 64 valence electrons. The zero-order chi connectivity index (χ0) is 8.97. The van der Waals surface area contributed by atoms with E-state index in [0.717, 1.165) is 5.69 Å². The molecule has 0 atom stereocenters. The number of amides is 2. The Labute approximate surface area is 71.2 Å². The number of carbonyl (C=O) groups excluding carboxylic acids is 1. The number of urea groups is 1. The third kappa shape index (κ3) is 2.23. The largest absolute Gasteiger partial charge is 0.331 e. The van der Waals surface area contributed by atoms with Gasteiger partial charge in [0.05, 0.1) is 0 Å². The number of anilines is 1. The number of hydrogen-bond acceptors (Lipinski definition) is 2. The van der Waals surface area contributed by atoms with Gasteiger partial charge in [0.25, 0.3) is 0 Å². The Morgan fingerprint density at radius 1 is 1.42 bits per heavy atom. The maximum Gasteiger partial charge on any atom is 0.321 e. The standard InChI is InChI=1S/C8H11N3O/c1-11(2)8(12)10-7-3-5-9-6-4-7/h3-6H,1-2H3,(H,9,10,12). The average molecular weight is 165 g/mol. The van der Waals surface area contributed by atoms with Crippen LogP contribution in [0.4, 0.5) is 10.5 Å². The predicted octanol–water partition coefficient (Wildman–Crippen LogP) is 1.18. The Morgan fingerprint density at radius 3 is 2.50 bits per heavy atom. The molecule has 0 spiro atoms. The highest BCUT2D eigenvalue weighted by Gasteiger charge is 2.01. The molecule has 0 saturated carbocycles. The number of rotatable bonds is 1. The molecule has 0 saturated heterocycles. The highest BCUT2D eigenvalue weighted by Crippen LogP contribution is 2.03. The molecule has 0 radical (unpaired) electrons. The van der Waals surface area contributed by atoms with Crippen LogP contribution in [-0.2, 0) is 0 Å². The fraction of sp³-hybridized carbons (Fsp3) is 0.250. The summed E-state index contributed by atoms with van der Waals surface area (Å²) in [5.74, 6) is 0. The number of hydrogen-bond donors (Lipinski definition) is 1. The van der Waals surface area contributed by atoms with Gasteiger partial charge in [-0.15, -0.1) is 0 Å². The summed E-state index contributed by atoms with van der Waals surface area (Å²) in [5, 5.41) is 2.69. The van der Waals surface area contributed by atoms with Crippen molar-refractivity contribution in [3.05, 3.63) is 24.5 Å². The van der Waals surface area contributed by atoms with Gasteiger partial charge < -0.3 is 10.2 Å². The lowest BCUT2D eigenvalue weighted by molar-refractivity contribution is 0.230. The highest BCUT2D eigenvalue weighted by molar-refractivity contribution is 5.88. The van der Waals surface area contributed by atoms with E-state index in [1.807, 2.05) is 0 Å². The molecule has 0 aromatic carbocycles. The summed E-state index contributed by atoms with van der Waals surface area (Å²) < 4.78 is 0. The van der Waals surface area contributed by atoms with Gasteiger partial charge in [-0.1, -0.05) is 0 Å². The van der Waals surface area contributed by atoms with E-state index in [1.54, 1.807) is 38.6 Å². The van der Waals surface area contributed by atoms with Crippen LogP contribution in [0.1, 0.15) is 0 Å². The molecule has 1 rings (SSSR count). The molecule has 4 nitrogen and oxygen atoms in total. The van der Waals surface area contributed by atoms with Crippen LogP contribution < -0.4 is 5.32 Å². The summed E-state index contributed by atoms with van der Waals surface area (Å²) in [7, 11) is 3.38. The molecule has 1 aromatic heterocycles. The van der Waals surface area contributed by atoms with Crippen LogP contribution in [0, 0.1) is 0 Å². The second kappa shape index (κ2) is 3.71. The average Bonchev–Trinajstić information content (AvgIpc) is 2.06. The minimum Gasteiger partial charge on any atom is -0.331 e. The van der Waals surface area contributed by atoms with Crippen molar-refractivity contribution >= 4 is 11.7 Å². The van der Waals surface area contributed by atoms with Gasteiger partial charge in [-0.2, -0.15) is 0 Å². The smallest absolute Gasteiger partial charge is 0.321 e. The van der Waals surface area contributed by atoms with Crippen molar-refractivity contribution in [2.75, 3.05) is 19.4 Å². The summed E-state index contributed by atoms with van der Waals surface area (Å²) in [6.45, 7) is 0. The maximum atomic E-state index is 11.1. The first-order valence-electron chi connectivity index (χ1n) is 3.58. The van der Waals surface area contributed by atoms with Crippen LogP contribution in [0.25, 0.3) is 0 Å². The van der Waals surface area contributed by atoms with Gasteiger partial charge in [0.2, 0.25) is 0 Å². The van der Waals surface area contributed by atoms with Gasteiger partial charge in [0.1, 0.15) is 0 Å². The summed E-state index contributed by atoms with van der Waals surface area (Å²) in [6.07, 6.45) is 3.26. The van der Waals surface area contributed by atoms with Crippen molar-refractivity contribution in [1.29, 1.82) is 0 Å². The first-order valence-corrected chi connectivity index (χ1v) is 3.58. The maximum absolute atomic E-state index is 11.1. The summed E-state index contributed by atoms with van der Waals surface area (Å²) in [5.41, 5.74) is 0.753. The number of nitrogens with one attached hydrogen (secondary N) is 1. The van der Waals surface area contributed by atoms with E-state index in [-0.39, 0.29) is 6.03 Å². The lowest BCUT2D eigenvalue weighted by atomic mass is 10.4. The molecule has 4 heteroatoms. The summed E-state index contributed by atoms with van der Waals surface area (Å²) >= 11 is 0. The number of carbonyl (C=O) groups is 1. The second-order valence-electron chi connectivity index (χ2n) is 2.56. The Hall–Kier alpha value is -1.58. The SMILES string of the molecule is CN(C)C(=O)Nc1ccncc1. The van der Waals surface area contributed by atoms with E-state index in [1.165, 1.54) is 4.90 Å². The quantitative estimate of drug-likeness (QED) is 0.679. The first kappa shape index (κ1) is 8.52. The molecule has 0 fully saturated rings. The molecule has 0 aliphatic carbocycles. The van der Waals surface area contributed by atoms with E-state index >= 15 is 0 Å². The Balaban J connectivity index is 2.59. The molecule has 12 heavy (non-hydrogen) atoms. The third-order valence-electron chi connectivity index (χ3n) is 1.34. The van der Waals surface area contributed by atoms with E-state index < -0.39 is 0 Å². The molecule has 0 aliphatic heterocycles. The molecular formula is C8H11N3O. The molecule has 2 amide bonds. The van der Waals surface area contributed by atoms with Crippen LogP contribution in [0.15, 0.2) is 24.5 Å².